The fraction of sp³-hybridized carbons (Fsp3) is 0.800. The van der Waals surface area contributed by atoms with E-state index in [1.807, 2.05) is 0 Å². The molecule has 0 bridgehead atoms. The van der Waals surface area contributed by atoms with E-state index in [1.165, 1.54) is 12.7 Å². The Kier molecular flexibility index (Phi) is 5.95. The molecule has 0 amide bonds. The van der Waals surface area contributed by atoms with Gasteiger partial charge in [-0.1, -0.05) is 25.5 Å². The van der Waals surface area contributed by atoms with E-state index in [4.69, 9.17) is 14.6 Å². The molecule has 6 heteroatoms. The molecule has 0 spiro atoms. The molecular weight excluding hydrogens is 396 g/mol. The van der Waals surface area contributed by atoms with Gasteiger partial charge in [0.05, 0.1) is 25.9 Å². The van der Waals surface area contributed by atoms with E-state index in [0.29, 0.717) is 17.8 Å². The van der Waals surface area contributed by atoms with Crippen LogP contribution in [0, 0.1) is 34.5 Å². The van der Waals surface area contributed by atoms with Crippen molar-refractivity contribution in [1.29, 1.82) is 0 Å². The van der Waals surface area contributed by atoms with E-state index in [-0.39, 0.29) is 41.7 Å². The number of hydrogen-bond acceptors (Lipinski definition) is 5. The first-order valence-corrected chi connectivity index (χ1v) is 11.9. The summed E-state index contributed by atoms with van der Waals surface area (Å²) in [5.41, 5.74) is 1.60. The third-order valence-corrected chi connectivity index (χ3v) is 9.39. The number of fused-ring (bicyclic) bond motifs is 5. The molecule has 4 aliphatic carbocycles. The maximum Gasteiger partial charge on any atom is 0.309 e. The average molecular weight is 433 g/mol. The van der Waals surface area contributed by atoms with E-state index in [9.17, 15) is 14.4 Å². The summed E-state index contributed by atoms with van der Waals surface area (Å²) in [6, 6.07) is 0. The van der Waals surface area contributed by atoms with Gasteiger partial charge >= 0.3 is 17.9 Å². The van der Waals surface area contributed by atoms with Gasteiger partial charge in [0.1, 0.15) is 6.10 Å². The first-order valence-electron chi connectivity index (χ1n) is 11.9. The van der Waals surface area contributed by atoms with Crippen LogP contribution in [0.3, 0.4) is 0 Å². The van der Waals surface area contributed by atoms with Gasteiger partial charge in [0.15, 0.2) is 0 Å². The summed E-state index contributed by atoms with van der Waals surface area (Å²) in [6.07, 6.45) is 9.95. The number of carboxylic acid groups (broad SMARTS) is 1. The van der Waals surface area contributed by atoms with E-state index in [1.54, 1.807) is 0 Å². The first-order chi connectivity index (χ1) is 14.7. The van der Waals surface area contributed by atoms with Crippen molar-refractivity contribution in [3.8, 4) is 0 Å². The Bertz CT molecular complexity index is 787. The number of esters is 2. The highest BCUT2D eigenvalue weighted by Crippen LogP contribution is 2.66. The third-order valence-electron chi connectivity index (χ3n) is 9.39. The average Bonchev–Trinajstić information content (AvgIpc) is 3.09. The minimum absolute atomic E-state index is 0.0302. The Morgan fingerprint density at radius 2 is 1.84 bits per heavy atom. The topological polar surface area (TPSA) is 89.9 Å². The molecule has 4 rings (SSSR count). The summed E-state index contributed by atoms with van der Waals surface area (Å²) in [6.45, 7) is 4.71. The molecule has 3 fully saturated rings. The maximum atomic E-state index is 12.4. The molecule has 1 N–H and O–H groups in total. The lowest BCUT2D eigenvalue weighted by Gasteiger charge is -2.57. The molecule has 0 saturated heterocycles. The number of aliphatic carboxylic acids is 1. The molecule has 6 nitrogen and oxygen atoms in total. The second-order valence-electron chi connectivity index (χ2n) is 10.7. The zero-order valence-corrected chi connectivity index (χ0v) is 19.0. The van der Waals surface area contributed by atoms with Gasteiger partial charge in [0.2, 0.25) is 0 Å². The maximum absolute atomic E-state index is 12.4. The number of carboxylic acids is 1. The van der Waals surface area contributed by atoms with Crippen LogP contribution in [0.5, 0.6) is 0 Å². The van der Waals surface area contributed by atoms with Crippen molar-refractivity contribution in [2.24, 2.45) is 34.5 Å². The highest BCUT2D eigenvalue weighted by Gasteiger charge is 2.60. The number of carbonyl (C=O) groups is 3. The summed E-state index contributed by atoms with van der Waals surface area (Å²) in [4.78, 5) is 35.1. The Balaban J connectivity index is 1.46. The van der Waals surface area contributed by atoms with Gasteiger partial charge in [-0.25, -0.2) is 0 Å². The van der Waals surface area contributed by atoms with Crippen molar-refractivity contribution in [2.45, 2.75) is 84.2 Å². The smallest absolute Gasteiger partial charge is 0.309 e. The summed E-state index contributed by atoms with van der Waals surface area (Å²) >= 11 is 0. The van der Waals surface area contributed by atoms with E-state index < -0.39 is 11.9 Å². The number of allylic oxidation sites excluding steroid dienone is 1. The number of ether oxygens (including phenoxy) is 2. The van der Waals surface area contributed by atoms with Crippen LogP contribution in [0.2, 0.25) is 0 Å². The van der Waals surface area contributed by atoms with Crippen molar-refractivity contribution in [3.05, 3.63) is 11.6 Å². The molecule has 0 unspecified atom stereocenters. The van der Waals surface area contributed by atoms with Crippen LogP contribution in [-0.4, -0.2) is 36.2 Å². The molecule has 31 heavy (non-hydrogen) atoms. The largest absolute Gasteiger partial charge is 0.481 e. The zero-order valence-electron chi connectivity index (χ0n) is 19.0. The Morgan fingerprint density at radius 1 is 1.06 bits per heavy atom. The fourth-order valence-electron chi connectivity index (χ4n) is 7.71. The van der Waals surface area contributed by atoms with Gasteiger partial charge < -0.3 is 14.6 Å². The monoisotopic (exact) mass is 432 g/mol. The highest BCUT2D eigenvalue weighted by atomic mass is 16.5. The Morgan fingerprint density at radius 3 is 2.55 bits per heavy atom. The minimum Gasteiger partial charge on any atom is -0.481 e. The number of methoxy groups -OCH3 is 1. The van der Waals surface area contributed by atoms with E-state index >= 15 is 0 Å². The third kappa shape index (κ3) is 3.80. The van der Waals surface area contributed by atoms with E-state index in [2.05, 4.69) is 19.9 Å². The molecule has 0 aromatic rings. The van der Waals surface area contributed by atoms with Crippen molar-refractivity contribution in [3.63, 3.8) is 0 Å². The lowest BCUT2D eigenvalue weighted by Crippen LogP contribution is -2.51. The summed E-state index contributed by atoms with van der Waals surface area (Å²) in [5, 5.41) is 8.77. The van der Waals surface area contributed by atoms with Gasteiger partial charge in [-0.2, -0.15) is 0 Å². The summed E-state index contributed by atoms with van der Waals surface area (Å²) in [7, 11) is 1.51. The Hall–Kier alpha value is -1.85. The van der Waals surface area contributed by atoms with Gasteiger partial charge in [-0.05, 0) is 73.5 Å². The molecule has 0 aromatic heterocycles. The molecular formula is C25H36O6. The number of hydrogen-bond donors (Lipinski definition) is 1. The molecule has 4 aliphatic rings. The normalized spacial score (nSPS) is 41.3. The molecule has 7 atom stereocenters. The number of carbonyl (C=O) groups excluding carboxylic acids is 2. The second-order valence-corrected chi connectivity index (χ2v) is 10.7. The van der Waals surface area contributed by atoms with Crippen LogP contribution in [-0.2, 0) is 23.9 Å². The quantitative estimate of drug-likeness (QED) is 0.508. The molecule has 0 radical (unpaired) electrons. The molecule has 0 heterocycles. The molecule has 3 saturated carbocycles. The van der Waals surface area contributed by atoms with Crippen LogP contribution < -0.4 is 0 Å². The fourth-order valence-corrected chi connectivity index (χ4v) is 7.71. The van der Waals surface area contributed by atoms with Gasteiger partial charge in [0.25, 0.3) is 0 Å². The lowest BCUT2D eigenvalue weighted by molar-refractivity contribution is -0.155. The molecule has 0 aromatic carbocycles. The van der Waals surface area contributed by atoms with Crippen LogP contribution in [0.1, 0.15) is 78.1 Å². The predicted octanol–water partition coefficient (Wildman–Crippen LogP) is 4.52. The second kappa shape index (κ2) is 8.25. The predicted molar refractivity (Wildman–Crippen MR) is 114 cm³/mol. The molecule has 172 valence electrons. The van der Waals surface area contributed by atoms with Crippen LogP contribution in [0.25, 0.3) is 0 Å². The lowest BCUT2D eigenvalue weighted by atomic mass is 9.47. The van der Waals surface area contributed by atoms with Crippen molar-refractivity contribution in [1.82, 2.24) is 0 Å². The van der Waals surface area contributed by atoms with Crippen LogP contribution in [0.15, 0.2) is 11.6 Å². The number of rotatable bonds is 5. The van der Waals surface area contributed by atoms with E-state index in [0.717, 1.165) is 51.4 Å². The first kappa shape index (κ1) is 22.3. The summed E-state index contributed by atoms with van der Waals surface area (Å²) in [5.74, 6) is 0.409. The molecule has 0 aliphatic heterocycles. The highest BCUT2D eigenvalue weighted by molar-refractivity contribution is 5.76. The van der Waals surface area contributed by atoms with Crippen LogP contribution >= 0.6 is 0 Å². The minimum atomic E-state index is -0.972. The van der Waals surface area contributed by atoms with Gasteiger partial charge in [0, 0.05) is 6.42 Å². The SMILES string of the molecule is COC(=O)[C@H]1CC[C@H]2[C@@H]3CC=C4C[C@@H](OC(=O)CCC(=O)O)CC[C@]4(C)[C@H]3CC[C@]12C. The van der Waals surface area contributed by atoms with Gasteiger partial charge in [-0.15, -0.1) is 0 Å². The summed E-state index contributed by atoms with van der Waals surface area (Å²) < 4.78 is 10.8. The van der Waals surface area contributed by atoms with Crippen molar-refractivity contribution >= 4 is 17.9 Å². The Labute approximate surface area is 184 Å². The zero-order chi connectivity index (χ0) is 22.4. The van der Waals surface area contributed by atoms with Gasteiger partial charge in [-0.3, -0.25) is 14.4 Å². The van der Waals surface area contributed by atoms with Crippen molar-refractivity contribution < 1.29 is 29.0 Å². The standard InChI is InChI=1S/C25H36O6/c1-24-12-10-16(31-22(28)9-8-21(26)27)14-15(24)4-5-17-18-6-7-20(23(29)30-3)25(18,2)13-11-19(17)24/h4,16-20H,5-14H2,1-3H3,(H,26,27)/t16-,17-,18-,19-,20+,24-,25-/m0/s1. The van der Waals surface area contributed by atoms with Crippen LogP contribution in [0.4, 0.5) is 0 Å². The van der Waals surface area contributed by atoms with Crippen molar-refractivity contribution in [2.75, 3.05) is 7.11 Å².